The lowest BCUT2D eigenvalue weighted by Crippen LogP contribution is -2.51. The lowest BCUT2D eigenvalue weighted by Gasteiger charge is -2.35. The topological polar surface area (TPSA) is 91.2 Å². The second-order valence-corrected chi connectivity index (χ2v) is 2.92. The van der Waals surface area contributed by atoms with Crippen molar-refractivity contribution >= 4 is 0 Å². The summed E-state index contributed by atoms with van der Waals surface area (Å²) in [5.74, 6) is 0. The number of nitrogens with one attached hydrogen (secondary N) is 1. The van der Waals surface area contributed by atoms with E-state index in [0.717, 1.165) is 0 Å². The van der Waals surface area contributed by atoms with Crippen molar-refractivity contribution in [3.05, 3.63) is 0 Å². The molecule has 1 rings (SSSR count). The molecule has 0 bridgehead atoms. The Labute approximate surface area is 76.0 Å². The summed E-state index contributed by atoms with van der Waals surface area (Å²) >= 11 is 0. The smallest absolute Gasteiger partial charge is 0.206 e. The number of aliphatic hydroxyl groups excluding tert-OH is 3. The first-order valence-corrected chi connectivity index (χ1v) is 4.14. The van der Waals surface area contributed by atoms with E-state index in [4.69, 9.17) is 14.7 Å². The zero-order chi connectivity index (χ0) is 9.84. The second kappa shape index (κ2) is 4.85. The quantitative estimate of drug-likeness (QED) is 0.386. The van der Waals surface area contributed by atoms with Gasteiger partial charge in [0.15, 0.2) is 0 Å². The largest absolute Gasteiger partial charge is 0.394 e. The van der Waals surface area contributed by atoms with Gasteiger partial charge in [0.05, 0.1) is 18.8 Å². The highest BCUT2D eigenvalue weighted by Gasteiger charge is 2.37. The van der Waals surface area contributed by atoms with Gasteiger partial charge in [0, 0.05) is 13.5 Å². The highest BCUT2D eigenvalue weighted by molar-refractivity contribution is 4.80. The van der Waals surface area contributed by atoms with Gasteiger partial charge in [-0.05, 0) is 0 Å². The van der Waals surface area contributed by atoms with Crippen LogP contribution in [0, 0.1) is 0 Å². The lowest BCUT2D eigenvalue weighted by atomic mass is 10.0. The predicted octanol–water partition coefficient (Wildman–Crippen LogP) is -2.03. The normalized spacial score (nSPS) is 40.6. The molecule has 0 spiro atoms. The van der Waals surface area contributed by atoms with Crippen LogP contribution in [-0.2, 0) is 9.57 Å². The number of ether oxygens (including phenoxy) is 1. The van der Waals surface area contributed by atoms with Gasteiger partial charge < -0.3 is 20.1 Å². The van der Waals surface area contributed by atoms with Gasteiger partial charge in [0.25, 0.3) is 0 Å². The van der Waals surface area contributed by atoms with Crippen molar-refractivity contribution in [3.8, 4) is 0 Å². The Hall–Kier alpha value is -0.240. The molecule has 13 heavy (non-hydrogen) atoms. The molecule has 0 aliphatic carbocycles. The second-order valence-electron chi connectivity index (χ2n) is 2.92. The van der Waals surface area contributed by atoms with Crippen molar-refractivity contribution in [1.29, 1.82) is 0 Å². The number of aliphatic hydroxyl groups is 3. The summed E-state index contributed by atoms with van der Waals surface area (Å²) in [6, 6.07) is 0. The van der Waals surface area contributed by atoms with Crippen LogP contribution in [0.3, 0.4) is 0 Å². The molecule has 6 nitrogen and oxygen atoms in total. The van der Waals surface area contributed by atoms with E-state index >= 15 is 0 Å². The Kier molecular flexibility index (Phi) is 4.04. The Morgan fingerprint density at radius 2 is 2.23 bits per heavy atom. The minimum atomic E-state index is -1.09. The standard InChI is InChI=1S/C7H15NO5/c1-8-13-7-6(11)5(10)2-4(3-9)12-7/h4-11H,2-3H2,1H3. The molecule has 4 N–H and O–H groups in total. The van der Waals surface area contributed by atoms with Crippen molar-refractivity contribution in [1.82, 2.24) is 5.48 Å². The molecule has 4 unspecified atom stereocenters. The number of hydrogen-bond acceptors (Lipinski definition) is 6. The molecular formula is C7H15NO5. The van der Waals surface area contributed by atoms with Crippen molar-refractivity contribution < 1.29 is 24.9 Å². The first-order chi connectivity index (χ1) is 6.19. The maximum Gasteiger partial charge on any atom is 0.206 e. The molecule has 0 aromatic heterocycles. The number of hydrogen-bond donors (Lipinski definition) is 4. The van der Waals surface area contributed by atoms with E-state index < -0.39 is 24.6 Å². The average Bonchev–Trinajstić information content (AvgIpc) is 2.13. The predicted molar refractivity (Wildman–Crippen MR) is 42.5 cm³/mol. The fourth-order valence-electron chi connectivity index (χ4n) is 1.25. The molecule has 0 aromatic carbocycles. The first kappa shape index (κ1) is 10.8. The van der Waals surface area contributed by atoms with Crippen LogP contribution in [0.4, 0.5) is 0 Å². The van der Waals surface area contributed by atoms with Crippen molar-refractivity contribution in [2.75, 3.05) is 13.7 Å². The molecule has 1 fully saturated rings. The SMILES string of the molecule is CNOC1OC(CO)CC(O)C1O. The molecule has 0 aromatic rings. The highest BCUT2D eigenvalue weighted by Crippen LogP contribution is 2.20. The molecule has 1 heterocycles. The van der Waals surface area contributed by atoms with E-state index in [2.05, 4.69) is 5.48 Å². The van der Waals surface area contributed by atoms with Crippen molar-refractivity contribution in [3.63, 3.8) is 0 Å². The average molecular weight is 193 g/mol. The van der Waals surface area contributed by atoms with Gasteiger partial charge in [0.1, 0.15) is 6.10 Å². The third-order valence-electron chi connectivity index (χ3n) is 1.94. The van der Waals surface area contributed by atoms with Crippen molar-refractivity contribution in [2.24, 2.45) is 0 Å². The van der Waals surface area contributed by atoms with E-state index in [1.54, 1.807) is 0 Å². The van der Waals surface area contributed by atoms with E-state index in [1.807, 2.05) is 0 Å². The lowest BCUT2D eigenvalue weighted by molar-refractivity contribution is -0.287. The summed E-state index contributed by atoms with van der Waals surface area (Å²) in [6.45, 7) is -0.201. The van der Waals surface area contributed by atoms with Gasteiger partial charge in [-0.15, -0.1) is 0 Å². The zero-order valence-electron chi connectivity index (χ0n) is 7.38. The number of rotatable bonds is 3. The first-order valence-electron chi connectivity index (χ1n) is 4.14. The Morgan fingerprint density at radius 3 is 2.77 bits per heavy atom. The fourth-order valence-corrected chi connectivity index (χ4v) is 1.25. The van der Waals surface area contributed by atoms with Gasteiger partial charge >= 0.3 is 0 Å². The van der Waals surface area contributed by atoms with E-state index in [-0.39, 0.29) is 13.0 Å². The minimum absolute atomic E-state index is 0.201. The third-order valence-corrected chi connectivity index (χ3v) is 1.94. The molecule has 1 aliphatic rings. The van der Waals surface area contributed by atoms with Crippen LogP contribution in [0.25, 0.3) is 0 Å². The Bertz CT molecular complexity index is 156. The maximum absolute atomic E-state index is 9.36. The van der Waals surface area contributed by atoms with E-state index in [9.17, 15) is 10.2 Å². The molecule has 0 amide bonds. The molecule has 0 saturated carbocycles. The van der Waals surface area contributed by atoms with E-state index in [0.29, 0.717) is 0 Å². The molecular weight excluding hydrogens is 178 g/mol. The molecule has 0 radical (unpaired) electrons. The fraction of sp³-hybridized carbons (Fsp3) is 1.00. The summed E-state index contributed by atoms with van der Waals surface area (Å²) in [5, 5.41) is 27.5. The van der Waals surface area contributed by atoms with Gasteiger partial charge in [-0.25, -0.2) is 5.48 Å². The monoisotopic (exact) mass is 193 g/mol. The minimum Gasteiger partial charge on any atom is -0.394 e. The van der Waals surface area contributed by atoms with Crippen LogP contribution in [0.15, 0.2) is 0 Å². The van der Waals surface area contributed by atoms with Crippen molar-refractivity contribution in [2.45, 2.75) is 31.0 Å². The molecule has 6 heteroatoms. The highest BCUT2D eigenvalue weighted by atomic mass is 16.8. The Morgan fingerprint density at radius 1 is 1.54 bits per heavy atom. The van der Waals surface area contributed by atoms with Crippen LogP contribution < -0.4 is 5.48 Å². The number of hydroxylamine groups is 1. The zero-order valence-corrected chi connectivity index (χ0v) is 7.38. The van der Waals surface area contributed by atoms with Crippen LogP contribution in [0.1, 0.15) is 6.42 Å². The van der Waals surface area contributed by atoms with Crippen LogP contribution in [0.2, 0.25) is 0 Å². The van der Waals surface area contributed by atoms with Crippen LogP contribution in [-0.4, -0.2) is 53.6 Å². The molecule has 78 valence electrons. The van der Waals surface area contributed by atoms with Gasteiger partial charge in [-0.3, -0.25) is 4.84 Å². The molecule has 1 aliphatic heterocycles. The van der Waals surface area contributed by atoms with Gasteiger partial charge in [-0.2, -0.15) is 0 Å². The van der Waals surface area contributed by atoms with Gasteiger partial charge in [-0.1, -0.05) is 0 Å². The van der Waals surface area contributed by atoms with Gasteiger partial charge in [0.2, 0.25) is 6.29 Å². The summed E-state index contributed by atoms with van der Waals surface area (Å²) in [4.78, 5) is 4.80. The van der Waals surface area contributed by atoms with Crippen LogP contribution in [0.5, 0.6) is 0 Å². The summed E-state index contributed by atoms with van der Waals surface area (Å²) in [6.07, 6.45) is -3.23. The summed E-state index contributed by atoms with van der Waals surface area (Å²) < 4.78 is 5.11. The van der Waals surface area contributed by atoms with E-state index in [1.165, 1.54) is 7.05 Å². The summed E-state index contributed by atoms with van der Waals surface area (Å²) in [7, 11) is 1.52. The maximum atomic E-state index is 9.36. The molecule has 4 atom stereocenters. The van der Waals surface area contributed by atoms with Crippen LogP contribution >= 0.6 is 0 Å². The summed E-state index contributed by atoms with van der Waals surface area (Å²) in [5.41, 5.74) is 2.36. The Balaban J connectivity index is 2.50. The molecule has 1 saturated heterocycles. The third kappa shape index (κ3) is 2.60.